The number of amides is 2. The first-order valence-corrected chi connectivity index (χ1v) is 8.23. The molecule has 1 heterocycles. The van der Waals surface area contributed by atoms with Crippen LogP contribution in [-0.2, 0) is 11.3 Å². The van der Waals surface area contributed by atoms with Crippen LogP contribution in [0.2, 0.25) is 0 Å². The van der Waals surface area contributed by atoms with Gasteiger partial charge in [-0.15, -0.1) is 0 Å². The number of rotatable bonds is 5. The van der Waals surface area contributed by atoms with Crippen molar-refractivity contribution in [3.8, 4) is 0 Å². The van der Waals surface area contributed by atoms with Gasteiger partial charge in [0.2, 0.25) is 5.91 Å². The Kier molecular flexibility index (Phi) is 4.57. The number of benzene rings is 2. The summed E-state index contributed by atoms with van der Waals surface area (Å²) in [4.78, 5) is 23.8. The molecule has 1 aromatic heterocycles. The number of primary amides is 1. The van der Waals surface area contributed by atoms with Crippen LogP contribution in [0.25, 0.3) is 10.9 Å². The summed E-state index contributed by atoms with van der Waals surface area (Å²) in [5.74, 6) is -0.316. The number of fused-ring (bicyclic) bond motifs is 1. The fraction of sp³-hybridized carbons (Fsp3) is 0.200. The third-order valence-electron chi connectivity index (χ3n) is 4.24. The van der Waals surface area contributed by atoms with Crippen molar-refractivity contribution in [2.75, 3.05) is 5.32 Å². The number of nitrogens with one attached hydrogen (secondary N) is 1. The van der Waals surface area contributed by atoms with Crippen molar-refractivity contribution in [3.05, 3.63) is 65.9 Å². The van der Waals surface area contributed by atoms with E-state index in [0.717, 1.165) is 10.9 Å². The third-order valence-corrected chi connectivity index (χ3v) is 4.24. The molecule has 0 unspecified atom stereocenters. The molecule has 0 fully saturated rings. The molecule has 0 atom stereocenters. The van der Waals surface area contributed by atoms with Gasteiger partial charge in [-0.25, -0.2) is 0 Å². The van der Waals surface area contributed by atoms with Crippen LogP contribution in [0, 0.1) is 0 Å². The first kappa shape index (κ1) is 16.8. The Morgan fingerprint density at radius 1 is 1.12 bits per heavy atom. The molecule has 2 aromatic carbocycles. The lowest BCUT2D eigenvalue weighted by Gasteiger charge is -2.10. The molecule has 0 aliphatic rings. The minimum absolute atomic E-state index is 0.164. The molecule has 0 radical (unpaired) electrons. The minimum atomic E-state index is -0.566. The maximum absolute atomic E-state index is 12.4. The van der Waals surface area contributed by atoms with E-state index < -0.39 is 5.91 Å². The molecule has 0 aliphatic heterocycles. The first-order valence-electron chi connectivity index (χ1n) is 8.23. The maximum atomic E-state index is 12.4. The Morgan fingerprint density at radius 3 is 2.60 bits per heavy atom. The highest BCUT2D eigenvalue weighted by atomic mass is 16.2. The number of nitrogens with two attached hydrogens (primary N) is 1. The van der Waals surface area contributed by atoms with Crippen molar-refractivity contribution < 1.29 is 9.59 Å². The van der Waals surface area contributed by atoms with Gasteiger partial charge in [0.1, 0.15) is 6.54 Å². The van der Waals surface area contributed by atoms with Crippen molar-refractivity contribution in [1.82, 2.24) is 4.57 Å². The average molecular weight is 335 g/mol. The number of aromatic nitrogens is 1. The summed E-state index contributed by atoms with van der Waals surface area (Å²) in [6.45, 7) is 4.47. The van der Waals surface area contributed by atoms with E-state index >= 15 is 0 Å². The first-order chi connectivity index (χ1) is 12.0. The minimum Gasteiger partial charge on any atom is -0.366 e. The number of carbonyl (C=O) groups excluding carboxylic acids is 2. The zero-order chi connectivity index (χ0) is 18.0. The van der Waals surface area contributed by atoms with Crippen LogP contribution in [-0.4, -0.2) is 16.4 Å². The van der Waals surface area contributed by atoms with E-state index in [1.165, 1.54) is 5.56 Å². The van der Waals surface area contributed by atoms with Gasteiger partial charge in [-0.05, 0) is 47.2 Å². The van der Waals surface area contributed by atoms with Crippen LogP contribution >= 0.6 is 0 Å². The second-order valence-corrected chi connectivity index (χ2v) is 6.37. The zero-order valence-corrected chi connectivity index (χ0v) is 14.3. The fourth-order valence-electron chi connectivity index (χ4n) is 2.87. The Balaban J connectivity index is 1.80. The maximum Gasteiger partial charge on any atom is 0.250 e. The molecule has 0 aliphatic carbocycles. The number of nitrogens with zero attached hydrogens (tertiary/aromatic N) is 1. The van der Waals surface area contributed by atoms with E-state index in [9.17, 15) is 9.59 Å². The summed E-state index contributed by atoms with van der Waals surface area (Å²) >= 11 is 0. The van der Waals surface area contributed by atoms with Crippen molar-refractivity contribution >= 4 is 28.4 Å². The zero-order valence-electron chi connectivity index (χ0n) is 14.3. The summed E-state index contributed by atoms with van der Waals surface area (Å²) in [7, 11) is 0. The monoisotopic (exact) mass is 335 g/mol. The highest BCUT2D eigenvalue weighted by Crippen LogP contribution is 2.22. The Labute approximate surface area is 146 Å². The topological polar surface area (TPSA) is 77.1 Å². The summed E-state index contributed by atoms with van der Waals surface area (Å²) < 4.78 is 1.89. The van der Waals surface area contributed by atoms with Gasteiger partial charge in [-0.1, -0.05) is 32.0 Å². The van der Waals surface area contributed by atoms with Crippen LogP contribution in [0.1, 0.15) is 35.7 Å². The predicted molar refractivity (Wildman–Crippen MR) is 99.6 cm³/mol. The van der Waals surface area contributed by atoms with Crippen LogP contribution in [0.4, 0.5) is 5.69 Å². The third kappa shape index (κ3) is 3.55. The highest BCUT2D eigenvalue weighted by Gasteiger charge is 2.12. The highest BCUT2D eigenvalue weighted by molar-refractivity contribution is 6.03. The van der Waals surface area contributed by atoms with Gasteiger partial charge in [-0.2, -0.15) is 0 Å². The average Bonchev–Trinajstić information content (AvgIpc) is 2.97. The van der Waals surface area contributed by atoms with E-state index in [1.54, 1.807) is 24.3 Å². The number of hydrogen-bond acceptors (Lipinski definition) is 2. The largest absolute Gasteiger partial charge is 0.366 e. The van der Waals surface area contributed by atoms with Crippen molar-refractivity contribution in [2.24, 2.45) is 5.73 Å². The SMILES string of the molecule is CC(C)c1ccc2c(ccn2CC(=O)Nc2ccccc2C(N)=O)c1. The molecule has 5 heteroatoms. The van der Waals surface area contributed by atoms with Gasteiger partial charge in [-0.3, -0.25) is 9.59 Å². The molecule has 128 valence electrons. The molecular weight excluding hydrogens is 314 g/mol. The number of carbonyl (C=O) groups is 2. The Morgan fingerprint density at radius 2 is 1.88 bits per heavy atom. The van der Waals surface area contributed by atoms with Crippen LogP contribution < -0.4 is 11.1 Å². The lowest BCUT2D eigenvalue weighted by atomic mass is 10.0. The quantitative estimate of drug-likeness (QED) is 0.748. The van der Waals surface area contributed by atoms with Crippen LogP contribution in [0.3, 0.4) is 0 Å². The standard InChI is InChI=1S/C20H21N3O2/c1-13(2)14-7-8-18-15(11-14)9-10-23(18)12-19(24)22-17-6-4-3-5-16(17)20(21)25/h3-11,13H,12H2,1-2H3,(H2,21,25)(H,22,24). The molecule has 0 saturated heterocycles. The Bertz CT molecular complexity index is 941. The second kappa shape index (κ2) is 6.81. The second-order valence-electron chi connectivity index (χ2n) is 6.37. The smallest absolute Gasteiger partial charge is 0.250 e. The summed E-state index contributed by atoms with van der Waals surface area (Å²) in [5.41, 5.74) is 8.34. The summed E-state index contributed by atoms with van der Waals surface area (Å²) in [5, 5.41) is 3.87. The normalized spacial score (nSPS) is 11.0. The van der Waals surface area contributed by atoms with E-state index in [2.05, 4.69) is 31.3 Å². The number of para-hydroxylation sites is 1. The molecule has 25 heavy (non-hydrogen) atoms. The van der Waals surface area contributed by atoms with Crippen molar-refractivity contribution in [1.29, 1.82) is 0 Å². The van der Waals surface area contributed by atoms with E-state index in [-0.39, 0.29) is 12.5 Å². The predicted octanol–water partition coefficient (Wildman–Crippen LogP) is 3.50. The van der Waals surface area contributed by atoms with Gasteiger partial charge in [0.05, 0.1) is 11.3 Å². The van der Waals surface area contributed by atoms with Gasteiger partial charge in [0.25, 0.3) is 5.91 Å². The molecule has 0 spiro atoms. The van der Waals surface area contributed by atoms with Gasteiger partial charge in [0, 0.05) is 11.7 Å². The molecule has 2 amide bonds. The summed E-state index contributed by atoms with van der Waals surface area (Å²) in [6, 6.07) is 15.0. The van der Waals surface area contributed by atoms with Gasteiger partial charge >= 0.3 is 0 Å². The van der Waals surface area contributed by atoms with E-state index in [1.807, 2.05) is 22.9 Å². The molecule has 3 aromatic rings. The van der Waals surface area contributed by atoms with Crippen LogP contribution in [0.5, 0.6) is 0 Å². The molecular formula is C20H21N3O2. The van der Waals surface area contributed by atoms with E-state index in [4.69, 9.17) is 5.73 Å². The van der Waals surface area contributed by atoms with Crippen molar-refractivity contribution in [3.63, 3.8) is 0 Å². The molecule has 3 N–H and O–H groups in total. The van der Waals surface area contributed by atoms with E-state index in [0.29, 0.717) is 17.2 Å². The van der Waals surface area contributed by atoms with Gasteiger partial charge < -0.3 is 15.6 Å². The van der Waals surface area contributed by atoms with Gasteiger partial charge in [0.15, 0.2) is 0 Å². The van der Waals surface area contributed by atoms with Crippen LogP contribution in [0.15, 0.2) is 54.7 Å². The fourth-order valence-corrected chi connectivity index (χ4v) is 2.87. The number of hydrogen-bond donors (Lipinski definition) is 2. The molecule has 3 rings (SSSR count). The van der Waals surface area contributed by atoms with Crippen molar-refractivity contribution in [2.45, 2.75) is 26.3 Å². The Hall–Kier alpha value is -3.08. The lowest BCUT2D eigenvalue weighted by molar-refractivity contribution is -0.116. The molecule has 0 bridgehead atoms. The molecule has 0 saturated carbocycles. The number of anilines is 1. The lowest BCUT2D eigenvalue weighted by Crippen LogP contribution is -2.21. The molecule has 5 nitrogen and oxygen atoms in total. The summed E-state index contributed by atoms with van der Waals surface area (Å²) in [6.07, 6.45) is 1.90.